The fourth-order valence-corrected chi connectivity index (χ4v) is 4.32. The molecule has 4 nitrogen and oxygen atoms in total. The van der Waals surface area contributed by atoms with Crippen molar-refractivity contribution in [3.05, 3.63) is 66.2 Å². The Morgan fingerprint density at radius 1 is 0.852 bits per heavy atom. The van der Waals surface area contributed by atoms with Crippen LogP contribution < -0.4 is 4.90 Å². The highest BCUT2D eigenvalue weighted by Crippen LogP contribution is 2.22. The number of hydrogen-bond acceptors (Lipinski definition) is 3. The van der Waals surface area contributed by atoms with Crippen molar-refractivity contribution < 1.29 is 4.79 Å². The molecule has 0 spiro atoms. The predicted molar refractivity (Wildman–Crippen MR) is 110 cm³/mol. The van der Waals surface area contributed by atoms with Gasteiger partial charge in [-0.2, -0.15) is 0 Å². The topological polar surface area (TPSA) is 26.8 Å². The highest BCUT2D eigenvalue weighted by atomic mass is 16.2. The quantitative estimate of drug-likeness (QED) is 0.834. The third-order valence-electron chi connectivity index (χ3n) is 5.82. The summed E-state index contributed by atoms with van der Waals surface area (Å²) in [5, 5.41) is 0. The number of piperidine rings is 1. The normalized spacial score (nSPS) is 21.3. The minimum atomic E-state index is 0.158. The van der Waals surface area contributed by atoms with E-state index in [0.717, 1.165) is 58.7 Å². The molecule has 0 aromatic heterocycles. The Hall–Kier alpha value is -2.33. The zero-order valence-corrected chi connectivity index (χ0v) is 16.0. The van der Waals surface area contributed by atoms with Crippen molar-refractivity contribution in [3.8, 4) is 0 Å². The number of carbonyl (C=O) groups is 1. The number of rotatable bonds is 4. The Morgan fingerprint density at radius 3 is 2.22 bits per heavy atom. The van der Waals surface area contributed by atoms with Gasteiger partial charge in [0.2, 0.25) is 5.91 Å². The summed E-state index contributed by atoms with van der Waals surface area (Å²) in [6.07, 6.45) is 2.15. The van der Waals surface area contributed by atoms with Crippen LogP contribution in [0.3, 0.4) is 0 Å². The lowest BCUT2D eigenvalue weighted by molar-refractivity contribution is -0.137. The molecule has 2 aliphatic heterocycles. The van der Waals surface area contributed by atoms with Crippen LogP contribution in [0.5, 0.6) is 0 Å². The van der Waals surface area contributed by atoms with E-state index in [1.807, 2.05) is 6.07 Å². The summed E-state index contributed by atoms with van der Waals surface area (Å²) >= 11 is 0. The van der Waals surface area contributed by atoms with Gasteiger partial charge < -0.3 is 9.80 Å². The Bertz CT molecular complexity index is 726. The van der Waals surface area contributed by atoms with Crippen LogP contribution in [0, 0.1) is 5.92 Å². The Labute approximate surface area is 162 Å². The molecule has 1 unspecified atom stereocenters. The Balaban J connectivity index is 1.30. The monoisotopic (exact) mass is 363 g/mol. The number of amides is 1. The number of benzene rings is 2. The molecule has 2 saturated heterocycles. The highest BCUT2D eigenvalue weighted by molar-refractivity contribution is 5.79. The molecule has 2 aromatic rings. The largest absolute Gasteiger partial charge is 0.368 e. The lowest BCUT2D eigenvalue weighted by Crippen LogP contribution is -2.52. The van der Waals surface area contributed by atoms with E-state index >= 15 is 0 Å². The Morgan fingerprint density at radius 2 is 1.52 bits per heavy atom. The van der Waals surface area contributed by atoms with E-state index in [1.54, 1.807) is 0 Å². The smallest absolute Gasteiger partial charge is 0.227 e. The summed E-state index contributed by atoms with van der Waals surface area (Å²) in [5.41, 5.74) is 2.60. The van der Waals surface area contributed by atoms with E-state index in [9.17, 15) is 4.79 Å². The Kier molecular flexibility index (Phi) is 5.73. The van der Waals surface area contributed by atoms with E-state index in [1.165, 1.54) is 11.3 Å². The average molecular weight is 364 g/mol. The summed E-state index contributed by atoms with van der Waals surface area (Å²) in [6.45, 7) is 6.47. The minimum Gasteiger partial charge on any atom is -0.368 e. The molecule has 1 atom stereocenters. The van der Waals surface area contributed by atoms with Crippen LogP contribution in [-0.2, 0) is 11.3 Å². The average Bonchev–Trinajstić information content (AvgIpc) is 2.75. The van der Waals surface area contributed by atoms with E-state index in [-0.39, 0.29) is 5.92 Å². The zero-order valence-electron chi connectivity index (χ0n) is 16.0. The maximum absolute atomic E-state index is 13.1. The van der Waals surface area contributed by atoms with Crippen molar-refractivity contribution in [1.29, 1.82) is 0 Å². The van der Waals surface area contributed by atoms with Crippen molar-refractivity contribution in [2.45, 2.75) is 19.4 Å². The third kappa shape index (κ3) is 4.51. The molecule has 0 N–H and O–H groups in total. The standard InChI is InChI=1S/C23H29N3O/c27-23(26-16-14-25(15-17-26)22-11-5-2-6-12-22)21-10-7-13-24(19-21)18-20-8-3-1-4-9-20/h1-6,8-9,11-12,21H,7,10,13-19H2. The SMILES string of the molecule is O=C(C1CCCN(Cc2ccccc2)C1)N1CCN(c2ccccc2)CC1. The number of nitrogens with zero attached hydrogens (tertiary/aromatic N) is 3. The molecule has 0 radical (unpaired) electrons. The molecule has 1 amide bonds. The van der Waals surface area contributed by atoms with E-state index in [4.69, 9.17) is 0 Å². The van der Waals surface area contributed by atoms with Crippen LogP contribution in [0.25, 0.3) is 0 Å². The first-order chi connectivity index (χ1) is 13.3. The molecule has 142 valence electrons. The molecule has 2 heterocycles. The summed E-state index contributed by atoms with van der Waals surface area (Å²) in [6, 6.07) is 21.1. The first-order valence-electron chi connectivity index (χ1n) is 10.1. The molecule has 0 saturated carbocycles. The van der Waals surface area contributed by atoms with Gasteiger partial charge in [-0.3, -0.25) is 9.69 Å². The summed E-state index contributed by atoms with van der Waals surface area (Å²) < 4.78 is 0. The fraction of sp³-hybridized carbons (Fsp3) is 0.435. The van der Waals surface area contributed by atoms with Crippen molar-refractivity contribution >= 4 is 11.6 Å². The molecule has 2 aliphatic rings. The van der Waals surface area contributed by atoms with Gasteiger partial charge in [0.25, 0.3) is 0 Å². The van der Waals surface area contributed by atoms with Gasteiger partial charge in [-0.05, 0) is 37.1 Å². The van der Waals surface area contributed by atoms with Gasteiger partial charge in [-0.25, -0.2) is 0 Å². The third-order valence-corrected chi connectivity index (χ3v) is 5.82. The number of carbonyl (C=O) groups excluding carboxylic acids is 1. The van der Waals surface area contributed by atoms with Gasteiger partial charge in [-0.15, -0.1) is 0 Å². The van der Waals surface area contributed by atoms with Gasteiger partial charge in [-0.1, -0.05) is 48.5 Å². The molecule has 0 aliphatic carbocycles. The van der Waals surface area contributed by atoms with Gasteiger partial charge in [0.15, 0.2) is 0 Å². The van der Waals surface area contributed by atoms with Crippen LogP contribution in [-0.4, -0.2) is 55.0 Å². The number of anilines is 1. The van der Waals surface area contributed by atoms with Gasteiger partial charge in [0, 0.05) is 45.0 Å². The molecule has 4 heteroatoms. The molecular weight excluding hydrogens is 334 g/mol. The highest BCUT2D eigenvalue weighted by Gasteiger charge is 2.31. The second kappa shape index (κ2) is 8.57. The van der Waals surface area contributed by atoms with Gasteiger partial charge in [0.1, 0.15) is 0 Å². The van der Waals surface area contributed by atoms with Crippen molar-refractivity contribution in [3.63, 3.8) is 0 Å². The molecule has 2 fully saturated rings. The van der Waals surface area contributed by atoms with E-state index in [2.05, 4.69) is 69.3 Å². The maximum Gasteiger partial charge on any atom is 0.227 e. The van der Waals surface area contributed by atoms with Gasteiger partial charge in [0.05, 0.1) is 5.92 Å². The van der Waals surface area contributed by atoms with Crippen molar-refractivity contribution in [1.82, 2.24) is 9.80 Å². The number of likely N-dealkylation sites (tertiary alicyclic amines) is 1. The van der Waals surface area contributed by atoms with Crippen molar-refractivity contribution in [2.75, 3.05) is 44.2 Å². The van der Waals surface area contributed by atoms with Crippen molar-refractivity contribution in [2.24, 2.45) is 5.92 Å². The first-order valence-corrected chi connectivity index (χ1v) is 10.1. The van der Waals surface area contributed by atoms with Gasteiger partial charge >= 0.3 is 0 Å². The summed E-state index contributed by atoms with van der Waals surface area (Å²) in [4.78, 5) is 20.0. The van der Waals surface area contributed by atoms with E-state index in [0.29, 0.717) is 5.91 Å². The zero-order chi connectivity index (χ0) is 18.5. The van der Waals surface area contributed by atoms with Crippen LogP contribution in [0.4, 0.5) is 5.69 Å². The van der Waals surface area contributed by atoms with Crippen LogP contribution >= 0.6 is 0 Å². The lowest BCUT2D eigenvalue weighted by Gasteiger charge is -2.39. The molecule has 0 bridgehead atoms. The first kappa shape index (κ1) is 18.1. The maximum atomic E-state index is 13.1. The second-order valence-corrected chi connectivity index (χ2v) is 7.71. The fourth-order valence-electron chi connectivity index (χ4n) is 4.32. The molecule has 27 heavy (non-hydrogen) atoms. The second-order valence-electron chi connectivity index (χ2n) is 7.71. The van der Waals surface area contributed by atoms with Crippen LogP contribution in [0.2, 0.25) is 0 Å². The van der Waals surface area contributed by atoms with Crippen LogP contribution in [0.1, 0.15) is 18.4 Å². The summed E-state index contributed by atoms with van der Waals surface area (Å²) in [7, 11) is 0. The molecule has 4 rings (SSSR count). The number of para-hydroxylation sites is 1. The molecule has 2 aromatic carbocycles. The lowest BCUT2D eigenvalue weighted by atomic mass is 9.95. The predicted octanol–water partition coefficient (Wildman–Crippen LogP) is 3.25. The molecular formula is C23H29N3O. The number of hydrogen-bond donors (Lipinski definition) is 0. The van der Waals surface area contributed by atoms with Crippen LogP contribution in [0.15, 0.2) is 60.7 Å². The minimum absolute atomic E-state index is 0.158. The van der Waals surface area contributed by atoms with E-state index < -0.39 is 0 Å². The number of piperazine rings is 1. The summed E-state index contributed by atoms with van der Waals surface area (Å²) in [5.74, 6) is 0.520.